The lowest BCUT2D eigenvalue weighted by molar-refractivity contribution is -0.192. The highest BCUT2D eigenvalue weighted by Crippen LogP contribution is 2.34. The molecule has 0 aromatic carbocycles. The van der Waals surface area contributed by atoms with Gasteiger partial charge in [-0.25, -0.2) is 4.79 Å². The van der Waals surface area contributed by atoms with Crippen molar-refractivity contribution >= 4 is 29.1 Å². The number of likely N-dealkylation sites (N-methyl/N-ethyl adjacent to an activating group) is 1. The van der Waals surface area contributed by atoms with Crippen LogP contribution in [0.3, 0.4) is 0 Å². The van der Waals surface area contributed by atoms with Crippen molar-refractivity contribution in [3.63, 3.8) is 0 Å². The van der Waals surface area contributed by atoms with Gasteiger partial charge in [0, 0.05) is 45.2 Å². The molecule has 2 amide bonds. The van der Waals surface area contributed by atoms with Crippen LogP contribution in [-0.2, 0) is 9.59 Å². The van der Waals surface area contributed by atoms with Crippen LogP contribution in [0.4, 0.5) is 13.2 Å². The highest BCUT2D eigenvalue weighted by Gasteiger charge is 2.50. The van der Waals surface area contributed by atoms with Crippen LogP contribution in [0.2, 0.25) is 0 Å². The summed E-state index contributed by atoms with van der Waals surface area (Å²) in [6.45, 7) is 8.38. The maximum Gasteiger partial charge on any atom is 0.490 e. The Morgan fingerprint density at radius 3 is 2.23 bits per heavy atom. The summed E-state index contributed by atoms with van der Waals surface area (Å²) in [6, 6.07) is 1.88. The molecule has 1 aromatic heterocycles. The third-order valence-corrected chi connectivity index (χ3v) is 6.21. The number of alkyl halides is 3. The van der Waals surface area contributed by atoms with Crippen LogP contribution in [0.25, 0.3) is 0 Å². The number of carboxylic acids is 1. The van der Waals surface area contributed by atoms with E-state index in [1.54, 1.807) is 11.3 Å². The summed E-state index contributed by atoms with van der Waals surface area (Å²) in [6.07, 6.45) is -3.61. The average Bonchev–Trinajstić information content (AvgIpc) is 3.23. The van der Waals surface area contributed by atoms with Crippen LogP contribution in [0, 0.1) is 5.92 Å². The van der Waals surface area contributed by atoms with Gasteiger partial charge in [0.05, 0.1) is 5.56 Å². The van der Waals surface area contributed by atoms with Crippen molar-refractivity contribution in [2.45, 2.75) is 38.4 Å². The lowest BCUT2D eigenvalue weighted by Gasteiger charge is -2.52. The summed E-state index contributed by atoms with van der Waals surface area (Å²) >= 11 is 1.54. The van der Waals surface area contributed by atoms with Gasteiger partial charge in [0.15, 0.2) is 0 Å². The van der Waals surface area contributed by atoms with Crippen LogP contribution >= 0.6 is 11.3 Å². The van der Waals surface area contributed by atoms with E-state index < -0.39 is 17.7 Å². The van der Waals surface area contributed by atoms with Crippen molar-refractivity contribution in [3.8, 4) is 0 Å². The Hall–Kier alpha value is -2.14. The number of amides is 2. The van der Waals surface area contributed by atoms with Gasteiger partial charge in [-0.2, -0.15) is 24.5 Å². The molecule has 11 heteroatoms. The fourth-order valence-corrected chi connectivity index (χ4v) is 4.59. The Morgan fingerprint density at radius 1 is 1.19 bits per heavy atom. The number of rotatable bonds is 3. The SMILES string of the molecule is CC(C)CN1CCN(C)C(=O)C12CCN(C(=O)c1ccsc1)CC2.O=C(O)C(F)(F)F. The van der Waals surface area contributed by atoms with E-state index in [4.69, 9.17) is 9.90 Å². The molecular weight excluding hydrogens is 435 g/mol. The number of nitrogens with zero attached hydrogens (tertiary/aromatic N) is 3. The fraction of sp³-hybridized carbons (Fsp3) is 0.650. The molecular formula is C20H28F3N3O4S. The zero-order valence-corrected chi connectivity index (χ0v) is 18.6. The highest BCUT2D eigenvalue weighted by molar-refractivity contribution is 7.08. The van der Waals surface area contributed by atoms with Gasteiger partial charge >= 0.3 is 12.1 Å². The van der Waals surface area contributed by atoms with Crippen molar-refractivity contribution in [2.24, 2.45) is 5.92 Å². The summed E-state index contributed by atoms with van der Waals surface area (Å²) in [5, 5.41) is 11.0. The van der Waals surface area contributed by atoms with Crippen molar-refractivity contribution in [3.05, 3.63) is 22.4 Å². The van der Waals surface area contributed by atoms with Gasteiger partial charge in [0.2, 0.25) is 5.91 Å². The van der Waals surface area contributed by atoms with Gasteiger partial charge in [0.25, 0.3) is 5.91 Å². The molecule has 1 aromatic rings. The summed E-state index contributed by atoms with van der Waals surface area (Å²) in [5.74, 6) is -1.90. The number of aliphatic carboxylic acids is 1. The number of thiophene rings is 1. The number of hydrogen-bond donors (Lipinski definition) is 1. The van der Waals surface area contributed by atoms with Gasteiger partial charge < -0.3 is 14.9 Å². The number of likely N-dealkylation sites (tertiary alicyclic amines) is 1. The summed E-state index contributed by atoms with van der Waals surface area (Å²) in [4.78, 5) is 40.6. The molecule has 0 bridgehead atoms. The second kappa shape index (κ2) is 9.99. The summed E-state index contributed by atoms with van der Waals surface area (Å²) in [5.41, 5.74) is 0.352. The normalized spacial score (nSPS) is 19.4. The minimum Gasteiger partial charge on any atom is -0.475 e. The first-order valence-corrected chi connectivity index (χ1v) is 10.9. The van der Waals surface area contributed by atoms with Gasteiger partial charge in [-0.1, -0.05) is 13.8 Å². The molecule has 0 unspecified atom stereocenters. The van der Waals surface area contributed by atoms with E-state index in [-0.39, 0.29) is 11.8 Å². The number of carboxylic acid groups (broad SMARTS) is 1. The molecule has 174 valence electrons. The summed E-state index contributed by atoms with van der Waals surface area (Å²) in [7, 11) is 1.90. The average molecular weight is 464 g/mol. The number of halogens is 3. The van der Waals surface area contributed by atoms with Gasteiger partial charge in [-0.15, -0.1) is 0 Å². The number of carbonyl (C=O) groups excluding carboxylic acids is 2. The molecule has 2 aliphatic rings. The topological polar surface area (TPSA) is 81.2 Å². The number of piperazine rings is 1. The van der Waals surface area contributed by atoms with Crippen molar-refractivity contribution in [1.29, 1.82) is 0 Å². The van der Waals surface area contributed by atoms with Gasteiger partial charge in [-0.3, -0.25) is 14.5 Å². The van der Waals surface area contributed by atoms with E-state index in [0.29, 0.717) is 19.0 Å². The van der Waals surface area contributed by atoms with Crippen LogP contribution < -0.4 is 0 Å². The maximum atomic E-state index is 13.0. The maximum absolute atomic E-state index is 13.0. The second-order valence-electron chi connectivity index (χ2n) is 8.21. The first-order valence-electron chi connectivity index (χ1n) is 10.0. The zero-order chi connectivity index (χ0) is 23.4. The molecule has 1 spiro atoms. The van der Waals surface area contributed by atoms with E-state index in [1.807, 2.05) is 33.7 Å². The largest absolute Gasteiger partial charge is 0.490 e. The van der Waals surface area contributed by atoms with Crippen LogP contribution in [0.1, 0.15) is 37.0 Å². The third-order valence-electron chi connectivity index (χ3n) is 5.53. The quantitative estimate of drug-likeness (QED) is 0.746. The zero-order valence-electron chi connectivity index (χ0n) is 17.8. The summed E-state index contributed by atoms with van der Waals surface area (Å²) < 4.78 is 31.7. The predicted molar refractivity (Wildman–Crippen MR) is 110 cm³/mol. The van der Waals surface area contributed by atoms with E-state index in [0.717, 1.165) is 38.0 Å². The molecule has 7 nitrogen and oxygen atoms in total. The Kier molecular flexibility index (Phi) is 8.09. The Bertz CT molecular complexity index is 775. The first-order chi connectivity index (χ1) is 14.4. The molecule has 2 fully saturated rings. The van der Waals surface area contributed by atoms with E-state index in [9.17, 15) is 22.8 Å². The molecule has 2 saturated heterocycles. The first kappa shape index (κ1) is 25.1. The van der Waals surface area contributed by atoms with Crippen molar-refractivity contribution in [2.75, 3.05) is 39.8 Å². The molecule has 3 rings (SSSR count). The van der Waals surface area contributed by atoms with Gasteiger partial charge in [0.1, 0.15) is 5.54 Å². The lowest BCUT2D eigenvalue weighted by atomic mass is 9.82. The van der Waals surface area contributed by atoms with E-state index in [1.165, 1.54) is 0 Å². The molecule has 0 atom stereocenters. The molecule has 0 saturated carbocycles. The minimum absolute atomic E-state index is 0.0955. The molecule has 31 heavy (non-hydrogen) atoms. The van der Waals surface area contributed by atoms with Crippen LogP contribution in [0.15, 0.2) is 16.8 Å². The monoisotopic (exact) mass is 463 g/mol. The smallest absolute Gasteiger partial charge is 0.475 e. The molecule has 2 aliphatic heterocycles. The van der Waals surface area contributed by atoms with Crippen molar-refractivity contribution in [1.82, 2.24) is 14.7 Å². The number of hydrogen-bond acceptors (Lipinski definition) is 5. The highest BCUT2D eigenvalue weighted by atomic mass is 32.1. The van der Waals surface area contributed by atoms with Crippen molar-refractivity contribution < 1.29 is 32.7 Å². The predicted octanol–water partition coefficient (Wildman–Crippen LogP) is 2.79. The van der Waals surface area contributed by atoms with Crippen LogP contribution in [-0.4, -0.2) is 89.1 Å². The van der Waals surface area contributed by atoms with Gasteiger partial charge in [-0.05, 0) is 30.2 Å². The molecule has 1 N–H and O–H groups in total. The minimum atomic E-state index is -5.08. The fourth-order valence-electron chi connectivity index (χ4n) is 3.96. The Balaban J connectivity index is 0.000000423. The lowest BCUT2D eigenvalue weighted by Crippen LogP contribution is -2.68. The van der Waals surface area contributed by atoms with Crippen LogP contribution in [0.5, 0.6) is 0 Å². The number of carbonyl (C=O) groups is 3. The second-order valence-corrected chi connectivity index (χ2v) is 8.99. The Labute approximate surface area is 183 Å². The molecule has 3 heterocycles. The standard InChI is InChI=1S/C18H27N3O2S.C2HF3O2/c1-14(2)12-21-10-9-19(3)17(23)18(21)5-7-20(8-6-18)16(22)15-4-11-24-13-15;3-2(4,5)1(6)7/h4,11,13-14H,5-10,12H2,1-3H3;(H,6,7). The van der Waals surface area contributed by atoms with E-state index in [2.05, 4.69) is 18.7 Å². The van der Waals surface area contributed by atoms with E-state index >= 15 is 0 Å². The molecule has 0 aliphatic carbocycles. The molecule has 0 radical (unpaired) electrons. The Morgan fingerprint density at radius 2 is 1.77 bits per heavy atom. The third kappa shape index (κ3) is 5.97. The number of piperidine rings is 1.